The standard InChI is InChI=1S/C17H22N2O2S/c1-12-6-5-7-15(13(12)2)14(3)16-18-8-9-19(16)17(20)21-10-11-22-4/h5-9,14H,10-11H2,1-4H3/t14-/m0/s1. The third kappa shape index (κ3) is 3.53. The average molecular weight is 318 g/mol. The van der Waals surface area contributed by atoms with Gasteiger partial charge in [0.2, 0.25) is 0 Å². The number of nitrogens with zero attached hydrogens (tertiary/aromatic N) is 2. The molecule has 0 aliphatic rings. The summed E-state index contributed by atoms with van der Waals surface area (Å²) in [5, 5.41) is 0. The van der Waals surface area contributed by atoms with E-state index in [0.717, 1.165) is 5.75 Å². The fourth-order valence-corrected chi connectivity index (χ4v) is 2.70. The summed E-state index contributed by atoms with van der Waals surface area (Å²) in [5.74, 6) is 1.54. The molecule has 0 fully saturated rings. The quantitative estimate of drug-likeness (QED) is 0.782. The summed E-state index contributed by atoms with van der Waals surface area (Å²) in [6.45, 7) is 6.67. The predicted octanol–water partition coefficient (Wildman–Crippen LogP) is 4.00. The zero-order valence-corrected chi connectivity index (χ0v) is 14.3. The summed E-state index contributed by atoms with van der Waals surface area (Å²) in [7, 11) is 0. The van der Waals surface area contributed by atoms with Crippen LogP contribution in [0.15, 0.2) is 30.6 Å². The van der Waals surface area contributed by atoms with Crippen LogP contribution in [0.25, 0.3) is 0 Å². The largest absolute Gasteiger partial charge is 0.448 e. The fourth-order valence-electron chi connectivity index (χ4n) is 2.45. The van der Waals surface area contributed by atoms with Crippen molar-refractivity contribution < 1.29 is 9.53 Å². The van der Waals surface area contributed by atoms with E-state index in [9.17, 15) is 4.79 Å². The van der Waals surface area contributed by atoms with Gasteiger partial charge in [-0.2, -0.15) is 11.8 Å². The van der Waals surface area contributed by atoms with Crippen molar-refractivity contribution in [3.8, 4) is 0 Å². The van der Waals surface area contributed by atoms with Crippen molar-refractivity contribution in [2.45, 2.75) is 26.7 Å². The van der Waals surface area contributed by atoms with E-state index < -0.39 is 0 Å². The van der Waals surface area contributed by atoms with Gasteiger partial charge in [-0.05, 0) is 36.8 Å². The van der Waals surface area contributed by atoms with Gasteiger partial charge in [-0.3, -0.25) is 0 Å². The number of thioether (sulfide) groups is 1. The van der Waals surface area contributed by atoms with E-state index in [1.165, 1.54) is 21.3 Å². The second-order valence-electron chi connectivity index (χ2n) is 5.27. The third-order valence-electron chi connectivity index (χ3n) is 3.88. The normalized spacial score (nSPS) is 12.2. The number of hydrogen-bond donors (Lipinski definition) is 0. The molecule has 0 N–H and O–H groups in total. The van der Waals surface area contributed by atoms with Crippen LogP contribution in [0, 0.1) is 13.8 Å². The Morgan fingerprint density at radius 3 is 2.91 bits per heavy atom. The zero-order chi connectivity index (χ0) is 16.1. The molecule has 2 rings (SSSR count). The molecule has 22 heavy (non-hydrogen) atoms. The molecular formula is C17H22N2O2S. The highest BCUT2D eigenvalue weighted by Crippen LogP contribution is 2.27. The van der Waals surface area contributed by atoms with Crippen LogP contribution in [0.5, 0.6) is 0 Å². The maximum absolute atomic E-state index is 12.2. The minimum Gasteiger partial charge on any atom is -0.448 e. The van der Waals surface area contributed by atoms with E-state index in [1.54, 1.807) is 24.2 Å². The Hall–Kier alpha value is -1.75. The third-order valence-corrected chi connectivity index (χ3v) is 4.45. The summed E-state index contributed by atoms with van der Waals surface area (Å²) in [6, 6.07) is 6.22. The van der Waals surface area contributed by atoms with E-state index in [-0.39, 0.29) is 12.0 Å². The van der Waals surface area contributed by atoms with E-state index in [1.807, 2.05) is 12.3 Å². The number of benzene rings is 1. The van der Waals surface area contributed by atoms with Gasteiger partial charge in [0.1, 0.15) is 12.4 Å². The Balaban J connectivity index is 2.24. The molecule has 0 aliphatic carbocycles. The van der Waals surface area contributed by atoms with Gasteiger partial charge >= 0.3 is 6.09 Å². The molecule has 0 bridgehead atoms. The summed E-state index contributed by atoms with van der Waals surface area (Å²) in [6.07, 6.45) is 4.93. The Morgan fingerprint density at radius 2 is 2.18 bits per heavy atom. The number of aromatic nitrogens is 2. The van der Waals surface area contributed by atoms with E-state index in [0.29, 0.717) is 12.4 Å². The van der Waals surface area contributed by atoms with Gasteiger partial charge in [0.25, 0.3) is 0 Å². The van der Waals surface area contributed by atoms with Crippen molar-refractivity contribution in [3.05, 3.63) is 53.1 Å². The number of hydrogen-bond acceptors (Lipinski definition) is 4. The maximum Gasteiger partial charge on any atom is 0.419 e. The van der Waals surface area contributed by atoms with Crippen LogP contribution in [0.1, 0.15) is 35.4 Å². The Morgan fingerprint density at radius 1 is 1.41 bits per heavy atom. The number of rotatable bonds is 5. The van der Waals surface area contributed by atoms with Crippen LogP contribution >= 0.6 is 11.8 Å². The molecule has 0 saturated heterocycles. The first kappa shape index (κ1) is 16.6. The molecule has 0 saturated carbocycles. The van der Waals surface area contributed by atoms with Gasteiger partial charge in [-0.15, -0.1) is 0 Å². The van der Waals surface area contributed by atoms with E-state index >= 15 is 0 Å². The van der Waals surface area contributed by atoms with Crippen LogP contribution in [0.3, 0.4) is 0 Å². The lowest BCUT2D eigenvalue weighted by Gasteiger charge is -2.17. The van der Waals surface area contributed by atoms with E-state index in [2.05, 4.69) is 37.9 Å². The van der Waals surface area contributed by atoms with Crippen molar-refractivity contribution in [2.75, 3.05) is 18.6 Å². The molecule has 4 nitrogen and oxygen atoms in total. The maximum atomic E-state index is 12.2. The minimum atomic E-state index is -0.362. The summed E-state index contributed by atoms with van der Waals surface area (Å²) >= 11 is 1.65. The molecular weight excluding hydrogens is 296 g/mol. The van der Waals surface area contributed by atoms with Gasteiger partial charge in [0, 0.05) is 24.1 Å². The van der Waals surface area contributed by atoms with Crippen molar-refractivity contribution in [1.82, 2.24) is 9.55 Å². The molecule has 118 valence electrons. The topological polar surface area (TPSA) is 44.1 Å². The molecule has 1 aromatic heterocycles. The lowest BCUT2D eigenvalue weighted by atomic mass is 9.93. The van der Waals surface area contributed by atoms with Crippen LogP contribution < -0.4 is 0 Å². The van der Waals surface area contributed by atoms with Crippen molar-refractivity contribution >= 4 is 17.9 Å². The summed E-state index contributed by atoms with van der Waals surface area (Å²) < 4.78 is 6.78. The zero-order valence-electron chi connectivity index (χ0n) is 13.5. The fraction of sp³-hybridized carbons (Fsp3) is 0.412. The lowest BCUT2D eigenvalue weighted by Crippen LogP contribution is -2.19. The summed E-state index contributed by atoms with van der Waals surface area (Å²) in [4.78, 5) is 16.6. The molecule has 0 unspecified atom stereocenters. The molecule has 5 heteroatoms. The van der Waals surface area contributed by atoms with Crippen molar-refractivity contribution in [2.24, 2.45) is 0 Å². The van der Waals surface area contributed by atoms with Crippen LogP contribution in [0.2, 0.25) is 0 Å². The summed E-state index contributed by atoms with van der Waals surface area (Å²) in [5.41, 5.74) is 3.66. The predicted molar refractivity (Wildman–Crippen MR) is 90.8 cm³/mol. The molecule has 1 aromatic carbocycles. The highest BCUT2D eigenvalue weighted by Gasteiger charge is 2.20. The van der Waals surface area contributed by atoms with Gasteiger partial charge in [-0.25, -0.2) is 14.3 Å². The average Bonchev–Trinajstić information content (AvgIpc) is 2.99. The first-order chi connectivity index (χ1) is 10.6. The van der Waals surface area contributed by atoms with Crippen molar-refractivity contribution in [1.29, 1.82) is 0 Å². The second kappa shape index (κ2) is 7.49. The molecule has 2 aromatic rings. The smallest absolute Gasteiger partial charge is 0.419 e. The van der Waals surface area contributed by atoms with Crippen LogP contribution in [0.4, 0.5) is 4.79 Å². The second-order valence-corrected chi connectivity index (χ2v) is 6.26. The molecule has 0 amide bonds. The SMILES string of the molecule is CSCCOC(=O)n1ccnc1[C@@H](C)c1cccc(C)c1C. The number of ether oxygens (including phenoxy) is 1. The molecule has 0 spiro atoms. The van der Waals surface area contributed by atoms with Gasteiger partial charge < -0.3 is 4.74 Å². The highest BCUT2D eigenvalue weighted by atomic mass is 32.2. The monoisotopic (exact) mass is 318 g/mol. The van der Waals surface area contributed by atoms with Gasteiger partial charge in [0.05, 0.1) is 0 Å². The first-order valence-corrected chi connectivity index (χ1v) is 8.71. The highest BCUT2D eigenvalue weighted by molar-refractivity contribution is 7.98. The Labute approximate surface area is 135 Å². The van der Waals surface area contributed by atoms with Crippen molar-refractivity contribution in [3.63, 3.8) is 0 Å². The lowest BCUT2D eigenvalue weighted by molar-refractivity contribution is 0.154. The van der Waals surface area contributed by atoms with E-state index in [4.69, 9.17) is 4.74 Å². The molecule has 1 heterocycles. The molecule has 0 aliphatic heterocycles. The number of imidazole rings is 1. The van der Waals surface area contributed by atoms with Gasteiger partial charge in [0.15, 0.2) is 0 Å². The van der Waals surface area contributed by atoms with Crippen LogP contribution in [-0.4, -0.2) is 34.3 Å². The number of aryl methyl sites for hydroxylation is 1. The Bertz CT molecular complexity index is 652. The minimum absolute atomic E-state index is 0.0306. The molecule has 1 atom stereocenters. The number of carbonyl (C=O) groups is 1. The van der Waals surface area contributed by atoms with Gasteiger partial charge in [-0.1, -0.05) is 25.1 Å². The molecule has 0 radical (unpaired) electrons. The number of carbonyl (C=O) groups excluding carboxylic acids is 1. The first-order valence-electron chi connectivity index (χ1n) is 7.31. The van der Waals surface area contributed by atoms with Crippen LogP contribution in [-0.2, 0) is 4.74 Å². The Kier molecular flexibility index (Phi) is 5.66.